The maximum atomic E-state index is 12.9. The normalized spacial score (nSPS) is 13.4. The van der Waals surface area contributed by atoms with Crippen molar-refractivity contribution >= 4 is 29.1 Å². The summed E-state index contributed by atoms with van der Waals surface area (Å²) in [6.45, 7) is 0.512. The average molecular weight is 394 g/mol. The highest BCUT2D eigenvalue weighted by Crippen LogP contribution is 2.32. The van der Waals surface area contributed by atoms with Gasteiger partial charge in [0.05, 0.1) is 30.7 Å². The molecule has 1 fully saturated rings. The Morgan fingerprint density at radius 1 is 1.08 bits per heavy atom. The zero-order valence-corrected chi connectivity index (χ0v) is 16.3. The Bertz CT molecular complexity index is 806. The van der Waals surface area contributed by atoms with E-state index in [4.69, 9.17) is 32.7 Å². The molecule has 138 valence electrons. The van der Waals surface area contributed by atoms with E-state index in [-0.39, 0.29) is 11.9 Å². The highest BCUT2D eigenvalue weighted by atomic mass is 35.5. The molecule has 6 heteroatoms. The van der Waals surface area contributed by atoms with Crippen LogP contribution in [0.3, 0.4) is 0 Å². The third kappa shape index (κ3) is 4.43. The molecule has 0 N–H and O–H groups in total. The highest BCUT2D eigenvalue weighted by molar-refractivity contribution is 6.42. The summed E-state index contributed by atoms with van der Waals surface area (Å²) >= 11 is 12.0. The summed E-state index contributed by atoms with van der Waals surface area (Å²) in [5.41, 5.74) is 1.82. The first-order valence-electron chi connectivity index (χ1n) is 8.46. The fourth-order valence-corrected chi connectivity index (χ4v) is 3.22. The van der Waals surface area contributed by atoms with Crippen LogP contribution in [0.1, 0.15) is 24.0 Å². The molecular weight excluding hydrogens is 373 g/mol. The molecule has 0 atom stereocenters. The number of carbonyl (C=O) groups is 1. The fourth-order valence-electron chi connectivity index (χ4n) is 2.90. The zero-order valence-electron chi connectivity index (χ0n) is 14.8. The van der Waals surface area contributed by atoms with Crippen molar-refractivity contribution < 1.29 is 14.3 Å². The SMILES string of the molecule is COc1ccc(CN(C(=O)Cc2ccc(Cl)c(Cl)c2)C2CC2)c(OC)c1. The molecule has 3 rings (SSSR count). The Kier molecular flexibility index (Phi) is 5.94. The van der Waals surface area contributed by atoms with E-state index < -0.39 is 0 Å². The molecule has 0 aromatic heterocycles. The van der Waals surface area contributed by atoms with Gasteiger partial charge in [0.1, 0.15) is 11.5 Å². The van der Waals surface area contributed by atoms with Crippen LogP contribution < -0.4 is 9.47 Å². The number of ether oxygens (including phenoxy) is 2. The Balaban J connectivity index is 1.77. The van der Waals surface area contributed by atoms with Crippen LogP contribution in [0, 0.1) is 0 Å². The van der Waals surface area contributed by atoms with Crippen LogP contribution in [0.2, 0.25) is 10.0 Å². The van der Waals surface area contributed by atoms with E-state index in [0.717, 1.165) is 35.5 Å². The molecular formula is C20H21Cl2NO3. The summed E-state index contributed by atoms with van der Waals surface area (Å²) in [7, 11) is 3.24. The van der Waals surface area contributed by atoms with Crippen LogP contribution in [0.4, 0.5) is 0 Å². The summed E-state index contributed by atoms with van der Waals surface area (Å²) < 4.78 is 10.7. The van der Waals surface area contributed by atoms with Crippen LogP contribution >= 0.6 is 23.2 Å². The lowest BCUT2D eigenvalue weighted by atomic mass is 10.1. The van der Waals surface area contributed by atoms with E-state index in [9.17, 15) is 4.79 Å². The number of hydrogen-bond donors (Lipinski definition) is 0. The second-order valence-electron chi connectivity index (χ2n) is 6.36. The van der Waals surface area contributed by atoms with Crippen molar-refractivity contribution in [3.63, 3.8) is 0 Å². The van der Waals surface area contributed by atoms with Crippen LogP contribution in [0.5, 0.6) is 11.5 Å². The number of amides is 1. The van der Waals surface area contributed by atoms with Gasteiger partial charge in [-0.05, 0) is 42.7 Å². The van der Waals surface area contributed by atoms with Gasteiger partial charge < -0.3 is 14.4 Å². The number of hydrogen-bond acceptors (Lipinski definition) is 3. The molecule has 26 heavy (non-hydrogen) atoms. The summed E-state index contributed by atoms with van der Waals surface area (Å²) in [5, 5.41) is 0.955. The lowest BCUT2D eigenvalue weighted by Crippen LogP contribution is -2.34. The van der Waals surface area contributed by atoms with Crippen LogP contribution in [-0.2, 0) is 17.8 Å². The van der Waals surface area contributed by atoms with Gasteiger partial charge in [0.15, 0.2) is 0 Å². The second-order valence-corrected chi connectivity index (χ2v) is 7.17. The van der Waals surface area contributed by atoms with E-state index >= 15 is 0 Å². The summed E-state index contributed by atoms with van der Waals surface area (Å²) in [5.74, 6) is 1.52. The topological polar surface area (TPSA) is 38.8 Å². The zero-order chi connectivity index (χ0) is 18.7. The van der Waals surface area contributed by atoms with Crippen molar-refractivity contribution in [3.8, 4) is 11.5 Å². The molecule has 0 saturated heterocycles. The lowest BCUT2D eigenvalue weighted by molar-refractivity contribution is -0.131. The molecule has 0 bridgehead atoms. The van der Waals surface area contributed by atoms with Crippen molar-refractivity contribution in [2.45, 2.75) is 31.8 Å². The minimum absolute atomic E-state index is 0.0729. The molecule has 0 heterocycles. The van der Waals surface area contributed by atoms with Gasteiger partial charge in [-0.25, -0.2) is 0 Å². The van der Waals surface area contributed by atoms with E-state index in [1.54, 1.807) is 26.4 Å². The summed E-state index contributed by atoms with van der Waals surface area (Å²) in [6, 6.07) is 11.3. The molecule has 1 amide bonds. The van der Waals surface area contributed by atoms with Gasteiger partial charge in [0, 0.05) is 24.2 Å². The standard InChI is InChI=1S/C20H21Cl2NO3/c1-25-16-7-4-14(19(11-16)26-2)12-23(15-5-6-15)20(24)10-13-3-8-17(21)18(22)9-13/h3-4,7-9,11,15H,5-6,10,12H2,1-2H3. The van der Waals surface area contributed by atoms with Gasteiger partial charge in [0.2, 0.25) is 5.91 Å². The summed E-state index contributed by atoms with van der Waals surface area (Å²) in [6.07, 6.45) is 2.36. The third-order valence-electron chi connectivity index (χ3n) is 4.48. The largest absolute Gasteiger partial charge is 0.497 e. The molecule has 0 spiro atoms. The van der Waals surface area contributed by atoms with Gasteiger partial charge in [-0.2, -0.15) is 0 Å². The molecule has 1 saturated carbocycles. The van der Waals surface area contributed by atoms with E-state index in [0.29, 0.717) is 23.0 Å². The van der Waals surface area contributed by atoms with Crippen molar-refractivity contribution in [2.24, 2.45) is 0 Å². The third-order valence-corrected chi connectivity index (χ3v) is 5.22. The van der Waals surface area contributed by atoms with Gasteiger partial charge in [0.25, 0.3) is 0 Å². The highest BCUT2D eigenvalue weighted by Gasteiger charge is 2.33. The molecule has 0 aliphatic heterocycles. The predicted octanol–water partition coefficient (Wildman–Crippen LogP) is 4.74. The van der Waals surface area contributed by atoms with Gasteiger partial charge in [-0.1, -0.05) is 29.3 Å². The van der Waals surface area contributed by atoms with Crippen molar-refractivity contribution in [2.75, 3.05) is 14.2 Å². The second kappa shape index (κ2) is 8.19. The molecule has 1 aliphatic carbocycles. The smallest absolute Gasteiger partial charge is 0.227 e. The quantitative estimate of drug-likeness (QED) is 0.681. The molecule has 0 radical (unpaired) electrons. The maximum absolute atomic E-state index is 12.9. The minimum Gasteiger partial charge on any atom is -0.497 e. The molecule has 2 aromatic rings. The van der Waals surface area contributed by atoms with Crippen LogP contribution in [0.15, 0.2) is 36.4 Å². The molecule has 1 aliphatic rings. The van der Waals surface area contributed by atoms with Crippen molar-refractivity contribution in [1.29, 1.82) is 0 Å². The Labute approximate surface area is 163 Å². The summed E-state index contributed by atoms with van der Waals surface area (Å²) in [4.78, 5) is 14.8. The van der Waals surface area contributed by atoms with Gasteiger partial charge in [-0.3, -0.25) is 4.79 Å². The molecule has 0 unspecified atom stereocenters. The van der Waals surface area contributed by atoms with Crippen molar-refractivity contribution in [1.82, 2.24) is 4.90 Å². The van der Waals surface area contributed by atoms with Gasteiger partial charge in [-0.15, -0.1) is 0 Å². The number of halogens is 2. The fraction of sp³-hybridized carbons (Fsp3) is 0.350. The maximum Gasteiger partial charge on any atom is 0.227 e. The Morgan fingerprint density at radius 3 is 2.46 bits per heavy atom. The predicted molar refractivity (Wildman–Crippen MR) is 103 cm³/mol. The number of benzene rings is 2. The lowest BCUT2D eigenvalue weighted by Gasteiger charge is -2.24. The average Bonchev–Trinajstić information content (AvgIpc) is 3.47. The van der Waals surface area contributed by atoms with E-state index in [1.165, 1.54) is 0 Å². The number of rotatable bonds is 7. The van der Waals surface area contributed by atoms with Gasteiger partial charge >= 0.3 is 0 Å². The van der Waals surface area contributed by atoms with Crippen LogP contribution in [0.25, 0.3) is 0 Å². The van der Waals surface area contributed by atoms with Crippen molar-refractivity contribution in [3.05, 3.63) is 57.6 Å². The molecule has 4 nitrogen and oxygen atoms in total. The van der Waals surface area contributed by atoms with E-state index in [1.807, 2.05) is 29.2 Å². The number of methoxy groups -OCH3 is 2. The number of nitrogens with zero attached hydrogens (tertiary/aromatic N) is 1. The minimum atomic E-state index is 0.0729. The van der Waals surface area contributed by atoms with E-state index in [2.05, 4.69) is 0 Å². The first kappa shape index (κ1) is 18.9. The molecule has 2 aromatic carbocycles. The Morgan fingerprint density at radius 2 is 1.85 bits per heavy atom. The number of carbonyl (C=O) groups excluding carboxylic acids is 1. The first-order valence-corrected chi connectivity index (χ1v) is 9.21. The van der Waals surface area contributed by atoms with Crippen LogP contribution in [-0.4, -0.2) is 31.1 Å². The first-order chi connectivity index (χ1) is 12.5. The Hall–Kier alpha value is -1.91. The monoisotopic (exact) mass is 393 g/mol.